The minimum atomic E-state index is 0.340. The van der Waals surface area contributed by atoms with Gasteiger partial charge in [0.25, 0.3) is 0 Å². The molecule has 2 heteroatoms. The molecule has 1 unspecified atom stereocenters. The van der Waals surface area contributed by atoms with Crippen LogP contribution in [0.4, 0.5) is 0 Å². The molecule has 0 heterocycles. The van der Waals surface area contributed by atoms with E-state index in [-0.39, 0.29) is 0 Å². The molecule has 2 rings (SSSR count). The highest BCUT2D eigenvalue weighted by Gasteiger charge is 2.09. The molecule has 0 radical (unpaired) electrons. The summed E-state index contributed by atoms with van der Waals surface area (Å²) in [6, 6.07) is 19.2. The molecule has 0 aliphatic heterocycles. The average Bonchev–Trinajstić information content (AvgIpc) is 2.53. The summed E-state index contributed by atoms with van der Waals surface area (Å²) in [5, 5.41) is 3.59. The fourth-order valence-corrected chi connectivity index (χ4v) is 2.26. The van der Waals surface area contributed by atoms with Crippen LogP contribution in [0.5, 0.6) is 5.75 Å². The zero-order valence-electron chi connectivity index (χ0n) is 12.5. The Balaban J connectivity index is 1.89. The number of hydrogen-bond acceptors (Lipinski definition) is 2. The lowest BCUT2D eigenvalue weighted by Gasteiger charge is -2.18. The van der Waals surface area contributed by atoms with Gasteiger partial charge >= 0.3 is 0 Å². The Morgan fingerprint density at radius 2 is 1.55 bits per heavy atom. The second-order valence-electron chi connectivity index (χ2n) is 5.21. The van der Waals surface area contributed by atoms with Crippen LogP contribution in [-0.2, 0) is 0 Å². The van der Waals surface area contributed by atoms with Crippen LogP contribution in [0, 0.1) is 0 Å². The third kappa shape index (κ3) is 3.84. The first kappa shape index (κ1) is 14.6. The van der Waals surface area contributed by atoms with Gasteiger partial charge in [0.1, 0.15) is 5.75 Å². The van der Waals surface area contributed by atoms with E-state index in [1.807, 2.05) is 12.1 Å². The van der Waals surface area contributed by atoms with Gasteiger partial charge in [0.15, 0.2) is 0 Å². The molecule has 0 aromatic heterocycles. The Bertz CT molecular complexity index is 507. The fraction of sp³-hybridized carbons (Fsp3) is 0.333. The van der Waals surface area contributed by atoms with Gasteiger partial charge in [-0.15, -0.1) is 0 Å². The van der Waals surface area contributed by atoms with Crippen molar-refractivity contribution in [1.29, 1.82) is 0 Å². The first-order valence-corrected chi connectivity index (χ1v) is 7.13. The second-order valence-corrected chi connectivity index (χ2v) is 5.21. The van der Waals surface area contributed by atoms with E-state index in [1.165, 1.54) is 11.1 Å². The summed E-state index contributed by atoms with van der Waals surface area (Å²) in [7, 11) is 1.69. The number of ether oxygens (including phenoxy) is 1. The smallest absolute Gasteiger partial charge is 0.118 e. The van der Waals surface area contributed by atoms with E-state index in [2.05, 4.69) is 61.6 Å². The standard InChI is InChI=1S/C18H23NO/c1-14(16-7-5-4-6-8-16)13-19-15(2)17-9-11-18(20-3)12-10-17/h4-12,14-15,19H,13H2,1-3H3/t14?,15-/m0/s1. The monoisotopic (exact) mass is 269 g/mol. The molecule has 0 aliphatic rings. The van der Waals surface area contributed by atoms with E-state index in [4.69, 9.17) is 4.74 Å². The predicted octanol–water partition coefficient (Wildman–Crippen LogP) is 4.15. The first-order valence-electron chi connectivity index (χ1n) is 7.13. The van der Waals surface area contributed by atoms with E-state index in [9.17, 15) is 0 Å². The van der Waals surface area contributed by atoms with Gasteiger partial charge in [-0.25, -0.2) is 0 Å². The molecule has 2 atom stereocenters. The summed E-state index contributed by atoms with van der Waals surface area (Å²) < 4.78 is 5.18. The number of methoxy groups -OCH3 is 1. The third-order valence-electron chi connectivity index (χ3n) is 3.71. The van der Waals surface area contributed by atoms with Gasteiger partial charge in [-0.2, -0.15) is 0 Å². The topological polar surface area (TPSA) is 21.3 Å². The third-order valence-corrected chi connectivity index (χ3v) is 3.71. The zero-order valence-corrected chi connectivity index (χ0v) is 12.5. The quantitative estimate of drug-likeness (QED) is 0.850. The second kappa shape index (κ2) is 7.11. The average molecular weight is 269 g/mol. The summed E-state index contributed by atoms with van der Waals surface area (Å²) in [6.45, 7) is 5.42. The van der Waals surface area contributed by atoms with Crippen molar-refractivity contribution in [1.82, 2.24) is 5.32 Å². The van der Waals surface area contributed by atoms with Gasteiger partial charge in [-0.05, 0) is 36.1 Å². The molecule has 106 valence electrons. The van der Waals surface area contributed by atoms with Crippen molar-refractivity contribution >= 4 is 0 Å². The van der Waals surface area contributed by atoms with Crippen LogP contribution in [0.25, 0.3) is 0 Å². The molecule has 0 spiro atoms. The van der Waals surface area contributed by atoms with Crippen molar-refractivity contribution in [2.24, 2.45) is 0 Å². The minimum absolute atomic E-state index is 0.340. The number of rotatable bonds is 6. The Morgan fingerprint density at radius 3 is 2.15 bits per heavy atom. The van der Waals surface area contributed by atoms with Crippen molar-refractivity contribution in [3.63, 3.8) is 0 Å². The molecule has 0 aliphatic carbocycles. The summed E-state index contributed by atoms with van der Waals surface area (Å²) in [4.78, 5) is 0. The number of benzene rings is 2. The van der Waals surface area contributed by atoms with Crippen molar-refractivity contribution in [3.05, 3.63) is 65.7 Å². The Morgan fingerprint density at radius 1 is 0.900 bits per heavy atom. The van der Waals surface area contributed by atoms with Crippen LogP contribution >= 0.6 is 0 Å². The van der Waals surface area contributed by atoms with E-state index < -0.39 is 0 Å². The molecule has 1 N–H and O–H groups in total. The Hall–Kier alpha value is -1.80. The van der Waals surface area contributed by atoms with E-state index in [0.717, 1.165) is 12.3 Å². The molecule has 0 fully saturated rings. The summed E-state index contributed by atoms with van der Waals surface area (Å²) in [5.41, 5.74) is 2.66. The molecule has 2 aromatic carbocycles. The molecule has 0 saturated heterocycles. The molecular formula is C18H23NO. The highest BCUT2D eigenvalue weighted by Crippen LogP contribution is 2.19. The summed E-state index contributed by atoms with van der Waals surface area (Å²) >= 11 is 0. The molecule has 0 saturated carbocycles. The van der Waals surface area contributed by atoms with Crippen molar-refractivity contribution in [2.75, 3.05) is 13.7 Å². The normalized spacial score (nSPS) is 13.8. The van der Waals surface area contributed by atoms with Crippen LogP contribution < -0.4 is 10.1 Å². The van der Waals surface area contributed by atoms with Gasteiger partial charge in [0.05, 0.1) is 7.11 Å². The van der Waals surface area contributed by atoms with Crippen molar-refractivity contribution < 1.29 is 4.74 Å². The fourth-order valence-electron chi connectivity index (χ4n) is 2.26. The van der Waals surface area contributed by atoms with Crippen molar-refractivity contribution in [2.45, 2.75) is 25.8 Å². The first-order chi connectivity index (χ1) is 9.70. The SMILES string of the molecule is COc1ccc([C@H](C)NCC(C)c2ccccc2)cc1. The van der Waals surface area contributed by atoms with Crippen molar-refractivity contribution in [3.8, 4) is 5.75 Å². The van der Waals surface area contributed by atoms with Crippen LogP contribution in [0.1, 0.15) is 36.9 Å². The van der Waals surface area contributed by atoms with Gasteiger partial charge < -0.3 is 10.1 Å². The minimum Gasteiger partial charge on any atom is -0.497 e. The van der Waals surface area contributed by atoms with Gasteiger partial charge in [0.2, 0.25) is 0 Å². The molecular weight excluding hydrogens is 246 g/mol. The largest absolute Gasteiger partial charge is 0.497 e. The molecule has 20 heavy (non-hydrogen) atoms. The highest BCUT2D eigenvalue weighted by atomic mass is 16.5. The maximum absolute atomic E-state index is 5.18. The molecule has 0 amide bonds. The molecule has 2 nitrogen and oxygen atoms in total. The van der Waals surface area contributed by atoms with E-state index >= 15 is 0 Å². The lowest BCUT2D eigenvalue weighted by molar-refractivity contribution is 0.414. The Labute approximate surface area is 121 Å². The van der Waals surface area contributed by atoms with Crippen LogP contribution in [0.3, 0.4) is 0 Å². The maximum Gasteiger partial charge on any atom is 0.118 e. The van der Waals surface area contributed by atoms with Gasteiger partial charge in [-0.3, -0.25) is 0 Å². The maximum atomic E-state index is 5.18. The van der Waals surface area contributed by atoms with E-state index in [1.54, 1.807) is 7.11 Å². The molecule has 2 aromatic rings. The molecule has 0 bridgehead atoms. The lowest BCUT2D eigenvalue weighted by Crippen LogP contribution is -2.23. The zero-order chi connectivity index (χ0) is 14.4. The van der Waals surface area contributed by atoms with Crippen LogP contribution in [0.15, 0.2) is 54.6 Å². The Kier molecular flexibility index (Phi) is 5.19. The number of nitrogens with one attached hydrogen (secondary N) is 1. The van der Waals surface area contributed by atoms with Crippen LogP contribution in [-0.4, -0.2) is 13.7 Å². The predicted molar refractivity (Wildman–Crippen MR) is 84.3 cm³/mol. The van der Waals surface area contributed by atoms with E-state index in [0.29, 0.717) is 12.0 Å². The highest BCUT2D eigenvalue weighted by molar-refractivity contribution is 5.29. The number of hydrogen-bond donors (Lipinski definition) is 1. The summed E-state index contributed by atoms with van der Waals surface area (Å²) in [5.74, 6) is 1.41. The lowest BCUT2D eigenvalue weighted by atomic mass is 10.0. The summed E-state index contributed by atoms with van der Waals surface area (Å²) in [6.07, 6.45) is 0. The van der Waals surface area contributed by atoms with Gasteiger partial charge in [0, 0.05) is 12.6 Å². The van der Waals surface area contributed by atoms with Crippen LogP contribution in [0.2, 0.25) is 0 Å². The van der Waals surface area contributed by atoms with Gasteiger partial charge in [-0.1, -0.05) is 49.4 Å².